The number of rotatable bonds is 11. The monoisotopic (exact) mass is 623 g/mol. The van der Waals surface area contributed by atoms with Crippen molar-refractivity contribution in [1.29, 1.82) is 0 Å². The van der Waals surface area contributed by atoms with Crippen molar-refractivity contribution in [3.05, 3.63) is 23.8 Å². The second-order valence-corrected chi connectivity index (χ2v) is 10.5. The molecule has 0 aromatic heterocycles. The minimum Gasteiger partial charge on any atom is -0.496 e. The first-order valence-corrected chi connectivity index (χ1v) is 14.5. The summed E-state index contributed by atoms with van der Waals surface area (Å²) < 4.78 is 5.48. The van der Waals surface area contributed by atoms with Crippen molar-refractivity contribution in [3.8, 4) is 5.75 Å². The summed E-state index contributed by atoms with van der Waals surface area (Å²) in [4.78, 5) is 58.3. The second kappa shape index (κ2) is 18.9. The average molecular weight is 624 g/mol. The second-order valence-electron chi connectivity index (χ2n) is 10.3. The van der Waals surface area contributed by atoms with E-state index < -0.39 is 29.9 Å². The molecule has 0 spiro atoms. The normalized spacial score (nSPS) is 18.3. The maximum atomic E-state index is 12.7. The van der Waals surface area contributed by atoms with Crippen LogP contribution in [0, 0.1) is 0 Å². The fourth-order valence-corrected chi connectivity index (χ4v) is 5.43. The lowest BCUT2D eigenvalue weighted by Gasteiger charge is -2.32. The third-order valence-electron chi connectivity index (χ3n) is 7.09. The lowest BCUT2D eigenvalue weighted by molar-refractivity contribution is -0.144. The number of nitrogens with zero attached hydrogens (tertiary/aromatic N) is 5. The Bertz CT molecular complexity index is 1110. The Labute approximate surface area is 256 Å². The molecule has 1 heterocycles. The van der Waals surface area contributed by atoms with Crippen LogP contribution in [-0.4, -0.2) is 148 Å². The quantitative estimate of drug-likeness (QED) is 0.206. The summed E-state index contributed by atoms with van der Waals surface area (Å²) in [6.07, 6.45) is 1.97. The molecule has 1 unspecified atom stereocenters. The number of hydrogen-bond donors (Lipinski definition) is 4. The van der Waals surface area contributed by atoms with Crippen molar-refractivity contribution in [2.75, 3.05) is 79.1 Å². The number of aliphatic imine (C=N–C) groups is 1. The molecule has 1 atom stereocenters. The highest BCUT2D eigenvalue weighted by molar-refractivity contribution is 7.78. The molecule has 1 aliphatic rings. The molecule has 14 nitrogen and oxygen atoms in total. The smallest absolute Gasteiger partial charge is 0.325 e. The van der Waals surface area contributed by atoms with Crippen molar-refractivity contribution in [1.82, 2.24) is 19.6 Å². The fourth-order valence-electron chi connectivity index (χ4n) is 5.33. The zero-order valence-electron chi connectivity index (χ0n) is 24.4. The van der Waals surface area contributed by atoms with Gasteiger partial charge in [0.25, 0.3) is 0 Å². The van der Waals surface area contributed by atoms with Gasteiger partial charge >= 0.3 is 23.9 Å². The van der Waals surface area contributed by atoms with E-state index >= 15 is 0 Å². The Morgan fingerprint density at radius 3 is 1.56 bits per heavy atom. The van der Waals surface area contributed by atoms with E-state index in [-0.39, 0.29) is 19.6 Å². The van der Waals surface area contributed by atoms with E-state index in [9.17, 15) is 39.6 Å². The van der Waals surface area contributed by atoms with Crippen LogP contribution < -0.4 is 4.74 Å². The molecule has 15 heteroatoms. The fraction of sp³-hybridized carbons (Fsp3) is 0.607. The zero-order valence-corrected chi connectivity index (χ0v) is 25.2. The third-order valence-corrected chi connectivity index (χ3v) is 7.19. The molecule has 1 aromatic rings. The topological polar surface area (TPSA) is 184 Å². The van der Waals surface area contributed by atoms with E-state index in [4.69, 9.17) is 17.0 Å². The third kappa shape index (κ3) is 13.2. The van der Waals surface area contributed by atoms with Crippen molar-refractivity contribution < 1.29 is 44.3 Å². The molecule has 0 aliphatic carbocycles. The van der Waals surface area contributed by atoms with Gasteiger partial charge in [-0.25, -0.2) is 0 Å². The summed E-state index contributed by atoms with van der Waals surface area (Å²) in [6.45, 7) is 2.53. The van der Waals surface area contributed by atoms with Gasteiger partial charge in [-0.2, -0.15) is 4.99 Å². The molecule has 238 valence electrons. The Morgan fingerprint density at radius 2 is 1.21 bits per heavy atom. The number of carboxylic acids is 4. The van der Waals surface area contributed by atoms with Crippen LogP contribution in [0.5, 0.6) is 5.75 Å². The standard InChI is InChI=1S/C28H41N5O9S/c1-42-23-7-6-21(29-20-43)16-22(23)27(28(40)41)33-14-4-12-31(18-25(36)37)10-2-8-30(17-24(34)35)9-3-11-32(13-5-15-33)19-26(38)39/h6-7,16,27H,2-5,8-15,17-19H2,1H3,(H,34,35)(H,36,37)(H,38,39)(H,40,41). The van der Waals surface area contributed by atoms with Gasteiger partial charge in [-0.15, -0.1) is 0 Å². The van der Waals surface area contributed by atoms with Crippen LogP contribution in [0.3, 0.4) is 0 Å². The minimum absolute atomic E-state index is 0.163. The molecule has 0 radical (unpaired) electrons. The van der Waals surface area contributed by atoms with Gasteiger partial charge in [-0.05, 0) is 95.4 Å². The first-order valence-electron chi connectivity index (χ1n) is 14.1. The van der Waals surface area contributed by atoms with Gasteiger partial charge in [0.05, 0.1) is 37.6 Å². The molecular formula is C28H41N5O9S. The molecule has 2 rings (SSSR count). The van der Waals surface area contributed by atoms with Crippen molar-refractivity contribution in [3.63, 3.8) is 0 Å². The summed E-state index contributed by atoms with van der Waals surface area (Å²) >= 11 is 4.71. The number of carboxylic acid groups (broad SMARTS) is 4. The van der Waals surface area contributed by atoms with Crippen LogP contribution >= 0.6 is 12.2 Å². The predicted octanol–water partition coefficient (Wildman–Crippen LogP) is 1.59. The Morgan fingerprint density at radius 1 is 0.791 bits per heavy atom. The van der Waals surface area contributed by atoms with E-state index in [1.807, 2.05) is 0 Å². The molecule has 4 N–H and O–H groups in total. The number of aliphatic carboxylic acids is 4. The summed E-state index contributed by atoms with van der Waals surface area (Å²) in [5.74, 6) is -3.70. The van der Waals surface area contributed by atoms with E-state index in [1.54, 1.807) is 37.8 Å². The largest absolute Gasteiger partial charge is 0.496 e. The number of thiocarbonyl (C=S) groups is 1. The van der Waals surface area contributed by atoms with Gasteiger partial charge < -0.3 is 25.2 Å². The lowest BCUT2D eigenvalue weighted by Crippen LogP contribution is -2.41. The first-order chi connectivity index (χ1) is 20.5. The van der Waals surface area contributed by atoms with Crippen LogP contribution in [0.4, 0.5) is 5.69 Å². The summed E-state index contributed by atoms with van der Waals surface area (Å²) in [5, 5.41) is 40.9. The number of benzene rings is 1. The Hall–Kier alpha value is -3.46. The predicted molar refractivity (Wildman–Crippen MR) is 160 cm³/mol. The molecule has 1 fully saturated rings. The maximum absolute atomic E-state index is 12.7. The highest BCUT2D eigenvalue weighted by Gasteiger charge is 2.30. The number of isothiocyanates is 1. The highest BCUT2D eigenvalue weighted by atomic mass is 32.1. The van der Waals surface area contributed by atoms with E-state index in [2.05, 4.69) is 10.2 Å². The molecule has 0 amide bonds. The molecule has 1 saturated heterocycles. The van der Waals surface area contributed by atoms with Gasteiger partial charge in [0.1, 0.15) is 11.8 Å². The molecule has 0 saturated carbocycles. The van der Waals surface area contributed by atoms with E-state index in [0.717, 1.165) is 0 Å². The van der Waals surface area contributed by atoms with Crippen LogP contribution in [0.1, 0.15) is 37.3 Å². The summed E-state index contributed by atoms with van der Waals surface area (Å²) in [6, 6.07) is 3.72. The SMILES string of the molecule is COc1ccc(N=C=S)cc1C(C(=O)O)N1CCCN(CC(=O)O)CCCN(CC(=O)O)CCCN(CC(=O)O)CCC1. The van der Waals surface area contributed by atoms with Crippen molar-refractivity contribution in [2.24, 2.45) is 4.99 Å². The molecular weight excluding hydrogens is 582 g/mol. The van der Waals surface area contributed by atoms with Crippen molar-refractivity contribution in [2.45, 2.75) is 31.7 Å². The summed E-state index contributed by atoms with van der Waals surface area (Å²) in [5.41, 5.74) is 0.794. The zero-order chi connectivity index (χ0) is 31.8. The summed E-state index contributed by atoms with van der Waals surface area (Å²) in [7, 11) is 1.44. The van der Waals surface area contributed by atoms with Gasteiger partial charge in [-0.3, -0.25) is 38.8 Å². The molecule has 43 heavy (non-hydrogen) atoms. The van der Waals surface area contributed by atoms with Crippen LogP contribution in [0.25, 0.3) is 0 Å². The Kier molecular flexibility index (Phi) is 15.7. The van der Waals surface area contributed by atoms with Gasteiger partial charge in [0, 0.05) is 18.7 Å². The number of carbonyl (C=O) groups is 4. The highest BCUT2D eigenvalue weighted by Crippen LogP contribution is 2.33. The lowest BCUT2D eigenvalue weighted by atomic mass is 10.0. The molecule has 0 bridgehead atoms. The van der Waals surface area contributed by atoms with Crippen LogP contribution in [0.2, 0.25) is 0 Å². The average Bonchev–Trinajstić information content (AvgIpc) is 2.91. The van der Waals surface area contributed by atoms with Crippen LogP contribution in [0.15, 0.2) is 23.2 Å². The van der Waals surface area contributed by atoms with E-state index in [0.29, 0.717) is 95.0 Å². The van der Waals surface area contributed by atoms with E-state index in [1.165, 1.54) is 7.11 Å². The maximum Gasteiger partial charge on any atom is 0.325 e. The van der Waals surface area contributed by atoms with Gasteiger partial charge in [-0.1, -0.05) is 0 Å². The number of hydrogen-bond acceptors (Lipinski definition) is 11. The number of methoxy groups -OCH3 is 1. The van der Waals surface area contributed by atoms with Crippen molar-refractivity contribution >= 4 is 46.9 Å². The molecule has 1 aliphatic heterocycles. The Balaban J connectivity index is 2.39. The van der Waals surface area contributed by atoms with Gasteiger partial charge in [0.2, 0.25) is 0 Å². The van der Waals surface area contributed by atoms with Crippen LogP contribution in [-0.2, 0) is 19.2 Å². The molecule has 1 aromatic carbocycles. The number of ether oxygens (including phenoxy) is 1. The minimum atomic E-state index is -1.13. The first kappa shape index (κ1) is 35.7. The van der Waals surface area contributed by atoms with Gasteiger partial charge in [0.15, 0.2) is 0 Å².